The van der Waals surface area contributed by atoms with E-state index >= 15 is 0 Å². The summed E-state index contributed by atoms with van der Waals surface area (Å²) < 4.78 is 1.70. The van der Waals surface area contributed by atoms with Gasteiger partial charge in [0.05, 0.1) is 0 Å². The molecule has 0 unspecified atom stereocenters. The topological polar surface area (TPSA) is 77.2 Å². The van der Waals surface area contributed by atoms with E-state index < -0.39 is 0 Å². The molecule has 1 aromatic rings. The molecular formula is C16H24N6O. The predicted octanol–water partition coefficient (Wildman–Crippen LogP) is 2.04. The number of carbonyl (C=O) groups excluding carboxylic acids is 1. The minimum atomic E-state index is -0.156. The first kappa shape index (κ1) is 15.8. The van der Waals surface area contributed by atoms with Crippen LogP contribution in [-0.2, 0) is 0 Å². The van der Waals surface area contributed by atoms with E-state index in [-0.39, 0.29) is 12.1 Å². The van der Waals surface area contributed by atoms with Gasteiger partial charge in [-0.2, -0.15) is 10.4 Å². The average molecular weight is 316 g/mol. The summed E-state index contributed by atoms with van der Waals surface area (Å²) in [4.78, 5) is 16.8. The smallest absolute Gasteiger partial charge is 0.323 e. The fraction of sp³-hybridized carbons (Fsp3) is 0.688. The van der Waals surface area contributed by atoms with Crippen LogP contribution < -0.4 is 5.32 Å². The number of fused-ring (bicyclic) bond motifs is 2. The van der Waals surface area contributed by atoms with Crippen molar-refractivity contribution in [3.05, 3.63) is 11.8 Å². The lowest BCUT2D eigenvalue weighted by Gasteiger charge is -2.25. The Morgan fingerprint density at radius 1 is 1.39 bits per heavy atom. The Morgan fingerprint density at radius 2 is 2.13 bits per heavy atom. The van der Waals surface area contributed by atoms with Crippen molar-refractivity contribution in [2.24, 2.45) is 0 Å². The maximum atomic E-state index is 12.6. The number of nitrogens with one attached hydrogen (secondary N) is 1. The highest BCUT2D eigenvalue weighted by molar-refractivity contribution is 5.89. The second-order valence-corrected chi connectivity index (χ2v) is 6.79. The second kappa shape index (κ2) is 6.20. The number of nitrogens with zero attached hydrogens (tertiary/aromatic N) is 5. The molecule has 7 heteroatoms. The van der Waals surface area contributed by atoms with Crippen molar-refractivity contribution in [2.45, 2.75) is 51.2 Å². The van der Waals surface area contributed by atoms with Crippen LogP contribution in [-0.4, -0.2) is 57.8 Å². The Labute approximate surface area is 136 Å². The highest BCUT2D eigenvalue weighted by Gasteiger charge is 2.36. The van der Waals surface area contributed by atoms with Gasteiger partial charge in [0, 0.05) is 37.4 Å². The molecular weight excluding hydrogens is 292 g/mol. The van der Waals surface area contributed by atoms with Crippen LogP contribution in [0.3, 0.4) is 0 Å². The van der Waals surface area contributed by atoms with Crippen molar-refractivity contribution in [1.82, 2.24) is 19.6 Å². The van der Waals surface area contributed by atoms with Crippen LogP contribution >= 0.6 is 0 Å². The Morgan fingerprint density at radius 3 is 2.83 bits per heavy atom. The Hall–Kier alpha value is -2.07. The highest BCUT2D eigenvalue weighted by atomic mass is 16.2. The van der Waals surface area contributed by atoms with Crippen LogP contribution in [0.5, 0.6) is 0 Å². The number of carbonyl (C=O) groups is 1. The summed E-state index contributed by atoms with van der Waals surface area (Å²) >= 11 is 0. The van der Waals surface area contributed by atoms with Crippen molar-refractivity contribution in [3.8, 4) is 6.07 Å². The number of nitriles is 1. The molecule has 23 heavy (non-hydrogen) atoms. The van der Waals surface area contributed by atoms with Gasteiger partial charge < -0.3 is 4.90 Å². The lowest BCUT2D eigenvalue weighted by Crippen LogP contribution is -2.41. The zero-order valence-electron chi connectivity index (χ0n) is 14.0. The number of likely N-dealkylation sites (tertiary alicyclic amines) is 1. The monoisotopic (exact) mass is 316 g/mol. The summed E-state index contributed by atoms with van der Waals surface area (Å²) in [5.74, 6) is 0.356. The quantitative estimate of drug-likeness (QED) is 0.905. The largest absolute Gasteiger partial charge is 0.323 e. The molecule has 1 N–H and O–H groups in total. The predicted molar refractivity (Wildman–Crippen MR) is 87.1 cm³/mol. The van der Waals surface area contributed by atoms with E-state index in [1.54, 1.807) is 10.9 Å². The Kier molecular flexibility index (Phi) is 4.26. The van der Waals surface area contributed by atoms with E-state index in [9.17, 15) is 10.1 Å². The molecule has 0 spiro atoms. The van der Waals surface area contributed by atoms with Gasteiger partial charge in [-0.15, -0.1) is 0 Å². The van der Waals surface area contributed by atoms with E-state index in [0.29, 0.717) is 23.5 Å². The van der Waals surface area contributed by atoms with Gasteiger partial charge in [0.25, 0.3) is 0 Å². The molecule has 2 aliphatic rings. The Balaban J connectivity index is 1.71. The van der Waals surface area contributed by atoms with E-state index in [0.717, 1.165) is 25.9 Å². The number of rotatable bonds is 2. The molecule has 124 valence electrons. The first-order valence-electron chi connectivity index (χ1n) is 8.26. The van der Waals surface area contributed by atoms with E-state index in [1.807, 2.05) is 18.7 Å². The normalized spacial score (nSPS) is 24.6. The molecule has 2 amide bonds. The number of hydrogen-bond donors (Lipinski definition) is 1. The average Bonchev–Trinajstić information content (AvgIpc) is 3.00. The lowest BCUT2D eigenvalue weighted by molar-refractivity contribution is 0.200. The zero-order valence-corrected chi connectivity index (χ0v) is 14.0. The van der Waals surface area contributed by atoms with Gasteiger partial charge in [-0.25, -0.2) is 4.79 Å². The maximum Gasteiger partial charge on any atom is 0.323 e. The third-order valence-electron chi connectivity index (χ3n) is 5.04. The molecule has 2 bridgehead atoms. The lowest BCUT2D eigenvalue weighted by atomic mass is 10.1. The third-order valence-corrected chi connectivity index (χ3v) is 5.04. The summed E-state index contributed by atoms with van der Waals surface area (Å²) in [5, 5.41) is 16.4. The summed E-state index contributed by atoms with van der Waals surface area (Å²) in [6.07, 6.45) is 5.06. The van der Waals surface area contributed by atoms with Gasteiger partial charge in [0.15, 0.2) is 5.82 Å². The zero-order chi connectivity index (χ0) is 16.6. The maximum absolute atomic E-state index is 12.6. The van der Waals surface area contributed by atoms with Crippen LogP contribution in [0.1, 0.15) is 44.7 Å². The molecule has 1 aromatic heterocycles. The number of hydrogen-bond acceptors (Lipinski definition) is 4. The van der Waals surface area contributed by atoms with Crippen molar-refractivity contribution in [2.75, 3.05) is 25.5 Å². The third kappa shape index (κ3) is 3.04. The van der Waals surface area contributed by atoms with Gasteiger partial charge in [0.2, 0.25) is 0 Å². The van der Waals surface area contributed by atoms with Crippen LogP contribution in [0.4, 0.5) is 10.6 Å². The highest BCUT2D eigenvalue weighted by Crippen LogP contribution is 2.28. The molecule has 2 atom stereocenters. The Bertz CT molecular complexity index is 631. The molecule has 2 saturated heterocycles. The summed E-state index contributed by atoms with van der Waals surface area (Å²) in [6, 6.07) is 3.13. The first-order valence-corrected chi connectivity index (χ1v) is 8.26. The van der Waals surface area contributed by atoms with Crippen molar-refractivity contribution >= 4 is 11.8 Å². The first-order chi connectivity index (χ1) is 11.0. The van der Waals surface area contributed by atoms with Crippen molar-refractivity contribution in [3.63, 3.8) is 0 Å². The standard InChI is InChI=1S/C16H24N6O/c1-11(2)22-9-12(8-17)15(19-22)18-16(23)21-7-6-13-4-5-14(10-21)20(13)3/h9,11,13-14H,4-7,10H2,1-3H3,(H,18,19,23)/t13-,14+/m1/s1. The fourth-order valence-electron chi connectivity index (χ4n) is 3.50. The number of amides is 2. The van der Waals surface area contributed by atoms with Crippen LogP contribution in [0.2, 0.25) is 0 Å². The SMILES string of the molecule is CC(C)n1cc(C#N)c(NC(=O)N2CC[C@H]3CC[C@@H](C2)N3C)n1. The van der Waals surface area contributed by atoms with Crippen LogP contribution in [0.25, 0.3) is 0 Å². The number of likely N-dealkylation sites (N-methyl/N-ethyl adjacent to an activating group) is 1. The molecule has 3 heterocycles. The van der Waals surface area contributed by atoms with Gasteiger partial charge in [-0.05, 0) is 40.2 Å². The number of aromatic nitrogens is 2. The second-order valence-electron chi connectivity index (χ2n) is 6.79. The fourth-order valence-corrected chi connectivity index (χ4v) is 3.50. The minimum Gasteiger partial charge on any atom is -0.323 e. The number of urea groups is 1. The molecule has 0 radical (unpaired) electrons. The van der Waals surface area contributed by atoms with E-state index in [4.69, 9.17) is 0 Å². The molecule has 0 aromatic carbocycles. The molecule has 0 saturated carbocycles. The number of anilines is 1. The molecule has 0 aliphatic carbocycles. The summed E-state index contributed by atoms with van der Waals surface area (Å²) in [7, 11) is 2.15. The van der Waals surface area contributed by atoms with Gasteiger partial charge in [0.1, 0.15) is 11.6 Å². The van der Waals surface area contributed by atoms with E-state index in [1.165, 1.54) is 6.42 Å². The van der Waals surface area contributed by atoms with Crippen LogP contribution in [0.15, 0.2) is 6.20 Å². The minimum absolute atomic E-state index is 0.148. The summed E-state index contributed by atoms with van der Waals surface area (Å²) in [5.41, 5.74) is 0.403. The molecule has 2 aliphatic heterocycles. The summed E-state index contributed by atoms with van der Waals surface area (Å²) in [6.45, 7) is 5.47. The molecule has 7 nitrogen and oxygen atoms in total. The van der Waals surface area contributed by atoms with Crippen molar-refractivity contribution < 1.29 is 4.79 Å². The van der Waals surface area contributed by atoms with Gasteiger partial charge >= 0.3 is 6.03 Å². The van der Waals surface area contributed by atoms with Gasteiger partial charge in [-0.1, -0.05) is 0 Å². The molecule has 3 rings (SSSR count). The van der Waals surface area contributed by atoms with E-state index in [2.05, 4.69) is 28.4 Å². The van der Waals surface area contributed by atoms with Gasteiger partial charge in [-0.3, -0.25) is 14.9 Å². The molecule has 2 fully saturated rings. The van der Waals surface area contributed by atoms with Crippen LogP contribution in [0, 0.1) is 11.3 Å². The van der Waals surface area contributed by atoms with Crippen molar-refractivity contribution in [1.29, 1.82) is 5.26 Å².